The van der Waals surface area contributed by atoms with Gasteiger partial charge in [0.05, 0.1) is 18.8 Å². The minimum Gasteiger partial charge on any atom is -0.394 e. The molecule has 2 atom stereocenters. The van der Waals surface area contributed by atoms with Crippen LogP contribution < -0.4 is 5.32 Å². The highest BCUT2D eigenvalue weighted by Gasteiger charge is 2.20. The average molecular weight is 847 g/mol. The fourth-order valence-corrected chi connectivity index (χ4v) is 9.01. The molecule has 0 aliphatic rings. The molecule has 3 N–H and O–H groups in total. The predicted molar refractivity (Wildman–Crippen MR) is 267 cm³/mol. The molecule has 0 radical (unpaired) electrons. The van der Waals surface area contributed by atoms with E-state index in [-0.39, 0.29) is 12.5 Å². The molecule has 0 aliphatic heterocycles. The van der Waals surface area contributed by atoms with Crippen LogP contribution in [0.25, 0.3) is 0 Å². The van der Waals surface area contributed by atoms with E-state index in [1.165, 1.54) is 270 Å². The summed E-state index contributed by atoms with van der Waals surface area (Å²) < 4.78 is 0. The number of carbonyl (C=O) groups excluding carboxylic acids is 1. The highest BCUT2D eigenvalue weighted by Crippen LogP contribution is 2.18. The minimum absolute atomic E-state index is 0.0348. The van der Waals surface area contributed by atoms with Gasteiger partial charge in [-0.05, 0) is 38.5 Å². The summed E-state index contributed by atoms with van der Waals surface area (Å²) in [6.45, 7) is 4.38. The Hall–Kier alpha value is -0.870. The Morgan fingerprint density at radius 1 is 0.383 bits per heavy atom. The molecule has 0 aromatic heterocycles. The number of aliphatic hydroxyl groups excluding tert-OH is 2. The lowest BCUT2D eigenvalue weighted by Crippen LogP contribution is -2.45. The number of unbranched alkanes of at least 4 members (excludes halogenated alkanes) is 43. The van der Waals surface area contributed by atoms with Crippen molar-refractivity contribution in [3.8, 4) is 0 Å². The van der Waals surface area contributed by atoms with Gasteiger partial charge in [0.1, 0.15) is 0 Å². The maximum absolute atomic E-state index is 12.4. The second kappa shape index (κ2) is 52.5. The van der Waals surface area contributed by atoms with Crippen molar-refractivity contribution in [2.45, 2.75) is 334 Å². The highest BCUT2D eigenvalue weighted by molar-refractivity contribution is 5.76. The Bertz CT molecular complexity index is 829. The van der Waals surface area contributed by atoms with E-state index in [2.05, 4.69) is 31.3 Å². The van der Waals surface area contributed by atoms with E-state index in [1.807, 2.05) is 0 Å². The van der Waals surface area contributed by atoms with Gasteiger partial charge in [0.15, 0.2) is 0 Å². The van der Waals surface area contributed by atoms with Gasteiger partial charge in [0.2, 0.25) is 5.91 Å². The third kappa shape index (κ3) is 48.2. The molecule has 0 spiro atoms. The van der Waals surface area contributed by atoms with E-state index in [0.29, 0.717) is 12.8 Å². The van der Waals surface area contributed by atoms with Crippen molar-refractivity contribution >= 4 is 5.91 Å². The van der Waals surface area contributed by atoms with Crippen LogP contribution in [0.5, 0.6) is 0 Å². The number of amides is 1. The zero-order chi connectivity index (χ0) is 43.5. The maximum Gasteiger partial charge on any atom is 0.220 e. The summed E-state index contributed by atoms with van der Waals surface area (Å²) in [5.74, 6) is -0.0348. The Morgan fingerprint density at radius 3 is 0.917 bits per heavy atom. The quantitative estimate of drug-likeness (QED) is 0.0422. The molecule has 0 aromatic carbocycles. The molecule has 4 heteroatoms. The van der Waals surface area contributed by atoms with E-state index in [4.69, 9.17) is 0 Å². The summed E-state index contributed by atoms with van der Waals surface area (Å²) in [4.78, 5) is 12.4. The molecule has 0 bridgehead atoms. The van der Waals surface area contributed by atoms with E-state index in [9.17, 15) is 15.0 Å². The fourth-order valence-electron chi connectivity index (χ4n) is 9.01. The van der Waals surface area contributed by atoms with Crippen molar-refractivity contribution in [1.29, 1.82) is 0 Å². The molecule has 4 nitrogen and oxygen atoms in total. The van der Waals surface area contributed by atoms with Crippen LogP contribution >= 0.6 is 0 Å². The maximum atomic E-state index is 12.4. The normalized spacial score (nSPS) is 12.8. The van der Waals surface area contributed by atoms with E-state index in [1.54, 1.807) is 0 Å². The molecule has 0 aliphatic carbocycles. The second-order valence-corrected chi connectivity index (χ2v) is 19.4. The van der Waals surface area contributed by atoms with Gasteiger partial charge in [-0.2, -0.15) is 0 Å². The molecule has 0 saturated carbocycles. The van der Waals surface area contributed by atoms with Gasteiger partial charge in [-0.3, -0.25) is 4.79 Å². The van der Waals surface area contributed by atoms with Gasteiger partial charge in [0.25, 0.3) is 0 Å². The van der Waals surface area contributed by atoms with Gasteiger partial charge in [-0.25, -0.2) is 0 Å². The molecule has 0 saturated heterocycles. The van der Waals surface area contributed by atoms with Crippen molar-refractivity contribution < 1.29 is 15.0 Å². The van der Waals surface area contributed by atoms with E-state index < -0.39 is 12.1 Å². The Balaban J connectivity index is 3.39. The van der Waals surface area contributed by atoms with Crippen LogP contribution in [-0.4, -0.2) is 34.9 Å². The monoisotopic (exact) mass is 846 g/mol. The van der Waals surface area contributed by atoms with Crippen LogP contribution in [-0.2, 0) is 4.79 Å². The van der Waals surface area contributed by atoms with Crippen molar-refractivity contribution in [2.24, 2.45) is 0 Å². The van der Waals surface area contributed by atoms with Gasteiger partial charge in [0, 0.05) is 6.42 Å². The summed E-state index contributed by atoms with van der Waals surface area (Å²) in [6, 6.07) is -0.538. The molecule has 358 valence electrons. The van der Waals surface area contributed by atoms with Gasteiger partial charge in [-0.1, -0.05) is 289 Å². The molecular weight excluding hydrogens is 735 g/mol. The largest absolute Gasteiger partial charge is 0.394 e. The minimum atomic E-state index is -0.661. The fraction of sp³-hybridized carbons (Fsp3) is 0.946. The number of carbonyl (C=O) groups is 1. The molecular formula is C56H111NO3. The predicted octanol–water partition coefficient (Wildman–Crippen LogP) is 18.1. The first-order valence-corrected chi connectivity index (χ1v) is 27.9. The van der Waals surface area contributed by atoms with E-state index >= 15 is 0 Å². The van der Waals surface area contributed by atoms with Crippen LogP contribution in [0, 0.1) is 0 Å². The molecule has 0 rings (SSSR count). The van der Waals surface area contributed by atoms with E-state index in [0.717, 1.165) is 25.7 Å². The standard InChI is InChI=1S/C56H111NO3/c1-3-5-7-9-11-13-15-17-19-21-22-23-24-25-26-27-28-29-30-31-32-33-34-35-36-37-39-41-43-45-47-49-51-55(59)54(53-58)57-56(60)52-50-48-46-44-42-40-38-20-18-16-14-12-10-8-6-4-2/h20,38,54-55,58-59H,3-19,21-37,39-53H2,1-2H3,(H,57,60)/b38-20-. The Kier molecular flexibility index (Phi) is 51.7. The van der Waals surface area contributed by atoms with Gasteiger partial charge >= 0.3 is 0 Å². The van der Waals surface area contributed by atoms with Crippen molar-refractivity contribution in [3.63, 3.8) is 0 Å². The number of rotatable bonds is 52. The molecule has 0 fully saturated rings. The first-order valence-electron chi connectivity index (χ1n) is 27.9. The number of allylic oxidation sites excluding steroid dienone is 2. The van der Waals surface area contributed by atoms with Gasteiger partial charge in [-0.15, -0.1) is 0 Å². The van der Waals surface area contributed by atoms with Crippen LogP contribution in [0.3, 0.4) is 0 Å². The summed E-state index contributed by atoms with van der Waals surface area (Å²) >= 11 is 0. The number of hydrogen-bond acceptors (Lipinski definition) is 3. The molecule has 0 heterocycles. The van der Waals surface area contributed by atoms with Crippen LogP contribution in [0.2, 0.25) is 0 Å². The van der Waals surface area contributed by atoms with Gasteiger partial charge < -0.3 is 15.5 Å². The first-order chi connectivity index (χ1) is 29.7. The van der Waals surface area contributed by atoms with Crippen molar-refractivity contribution in [1.82, 2.24) is 5.32 Å². The van der Waals surface area contributed by atoms with Crippen molar-refractivity contribution in [2.75, 3.05) is 6.61 Å². The summed E-state index contributed by atoms with van der Waals surface area (Å²) in [7, 11) is 0. The van der Waals surface area contributed by atoms with Crippen molar-refractivity contribution in [3.05, 3.63) is 12.2 Å². The number of hydrogen-bond donors (Lipinski definition) is 3. The smallest absolute Gasteiger partial charge is 0.220 e. The van der Waals surface area contributed by atoms with Crippen LogP contribution in [0.4, 0.5) is 0 Å². The number of nitrogens with one attached hydrogen (secondary N) is 1. The number of aliphatic hydroxyl groups is 2. The van der Waals surface area contributed by atoms with Crippen LogP contribution in [0.15, 0.2) is 12.2 Å². The lowest BCUT2D eigenvalue weighted by Gasteiger charge is -2.22. The first kappa shape index (κ1) is 59.1. The zero-order valence-electron chi connectivity index (χ0n) is 41.3. The lowest BCUT2D eigenvalue weighted by atomic mass is 10.0. The summed E-state index contributed by atoms with van der Waals surface area (Å²) in [5, 5.41) is 23.3. The molecule has 2 unspecified atom stereocenters. The third-order valence-corrected chi connectivity index (χ3v) is 13.3. The summed E-state index contributed by atoms with van der Waals surface area (Å²) in [5.41, 5.74) is 0. The molecule has 0 aromatic rings. The second-order valence-electron chi connectivity index (χ2n) is 19.4. The lowest BCUT2D eigenvalue weighted by molar-refractivity contribution is -0.123. The third-order valence-electron chi connectivity index (χ3n) is 13.3. The zero-order valence-corrected chi connectivity index (χ0v) is 41.3. The Morgan fingerprint density at radius 2 is 0.633 bits per heavy atom. The summed E-state index contributed by atoms with van der Waals surface area (Å²) in [6.07, 6.45) is 67.8. The molecule has 1 amide bonds. The Labute approximate surface area is 377 Å². The molecule has 60 heavy (non-hydrogen) atoms. The highest BCUT2D eigenvalue weighted by atomic mass is 16.3. The van der Waals surface area contributed by atoms with Crippen LogP contribution in [0.1, 0.15) is 322 Å². The topological polar surface area (TPSA) is 69.6 Å². The average Bonchev–Trinajstić information content (AvgIpc) is 3.25. The SMILES string of the molecule is CCCCCCCCC/C=C\CCCCCCCC(=O)NC(CO)C(O)CCCCCCCCCCCCCCCCCCCCCCCCCCCCCCCCCC.